The number of anilines is 1. The Bertz CT molecular complexity index is 1460. The highest BCUT2D eigenvalue weighted by Gasteiger charge is 2.33. The predicted molar refractivity (Wildman–Crippen MR) is 163 cm³/mol. The van der Waals surface area contributed by atoms with Gasteiger partial charge in [-0.3, -0.25) is 13.9 Å². The third-order valence-corrected chi connectivity index (χ3v) is 8.72. The Labute approximate surface area is 248 Å². The Morgan fingerprint density at radius 1 is 0.927 bits per heavy atom. The first kappa shape index (κ1) is 32.0. The summed E-state index contributed by atoms with van der Waals surface area (Å²) in [7, 11) is -2.74. The van der Waals surface area contributed by atoms with E-state index < -0.39 is 28.5 Å². The molecule has 1 N–H and O–H groups in total. The number of carbonyl (C=O) groups excluding carboxylic acids is 2. The average Bonchev–Trinajstić information content (AvgIpc) is 2.93. The lowest BCUT2D eigenvalue weighted by molar-refractivity contribution is -0.139. The van der Waals surface area contributed by atoms with Gasteiger partial charge in [0.05, 0.1) is 22.7 Å². The molecule has 0 aliphatic carbocycles. The van der Waals surface area contributed by atoms with E-state index in [0.717, 1.165) is 21.0 Å². The van der Waals surface area contributed by atoms with Gasteiger partial charge in [0.2, 0.25) is 11.8 Å². The van der Waals surface area contributed by atoms with Crippen LogP contribution in [0.4, 0.5) is 5.69 Å². The zero-order valence-electron chi connectivity index (χ0n) is 24.3. The summed E-state index contributed by atoms with van der Waals surface area (Å²) in [6, 6.07) is 17.7. The number of carbonyl (C=O) groups is 2. The molecule has 3 rings (SSSR count). The van der Waals surface area contributed by atoms with Crippen LogP contribution in [0, 0.1) is 19.8 Å². The minimum absolute atomic E-state index is 0.0238. The lowest BCUT2D eigenvalue weighted by Gasteiger charge is -2.32. The Morgan fingerprint density at radius 2 is 1.51 bits per heavy atom. The Kier molecular flexibility index (Phi) is 10.8. The molecule has 0 radical (unpaired) electrons. The average molecular weight is 600 g/mol. The maximum absolute atomic E-state index is 14.0. The quantitative estimate of drug-likeness (QED) is 0.303. The highest BCUT2D eigenvalue weighted by atomic mass is 35.5. The van der Waals surface area contributed by atoms with Crippen molar-refractivity contribution in [3.05, 3.63) is 88.4 Å². The third kappa shape index (κ3) is 8.24. The van der Waals surface area contributed by atoms with Crippen molar-refractivity contribution in [2.75, 3.05) is 24.5 Å². The van der Waals surface area contributed by atoms with Gasteiger partial charge in [0.1, 0.15) is 18.3 Å². The highest BCUT2D eigenvalue weighted by Crippen LogP contribution is 2.32. The maximum Gasteiger partial charge on any atom is 0.264 e. The van der Waals surface area contributed by atoms with Crippen molar-refractivity contribution in [2.45, 2.75) is 52.1 Å². The van der Waals surface area contributed by atoms with E-state index in [1.54, 1.807) is 25.1 Å². The van der Waals surface area contributed by atoms with Crippen molar-refractivity contribution in [3.63, 3.8) is 0 Å². The number of aryl methyl sites for hydroxylation is 2. The molecule has 220 valence electrons. The molecule has 0 bridgehead atoms. The molecule has 0 aliphatic heterocycles. The van der Waals surface area contributed by atoms with Gasteiger partial charge in [-0.1, -0.05) is 73.0 Å². The Hall–Kier alpha value is -3.56. The summed E-state index contributed by atoms with van der Waals surface area (Å²) in [6.07, 6.45) is 0. The maximum atomic E-state index is 14.0. The third-order valence-electron chi connectivity index (χ3n) is 6.64. The summed E-state index contributed by atoms with van der Waals surface area (Å²) >= 11 is 6.37. The first-order valence-electron chi connectivity index (χ1n) is 13.4. The van der Waals surface area contributed by atoms with Crippen LogP contribution in [-0.4, -0.2) is 51.4 Å². The van der Waals surface area contributed by atoms with Crippen LogP contribution in [0.2, 0.25) is 5.02 Å². The molecule has 1 unspecified atom stereocenters. The number of ether oxygens (including phenoxy) is 1. The number of halogens is 1. The molecule has 0 fully saturated rings. The van der Waals surface area contributed by atoms with Gasteiger partial charge in [0, 0.05) is 13.1 Å². The van der Waals surface area contributed by atoms with Crippen LogP contribution in [0.5, 0.6) is 5.75 Å². The van der Waals surface area contributed by atoms with Crippen molar-refractivity contribution in [1.82, 2.24) is 10.2 Å². The molecule has 1 atom stereocenters. The van der Waals surface area contributed by atoms with E-state index in [9.17, 15) is 18.0 Å². The minimum atomic E-state index is -4.20. The van der Waals surface area contributed by atoms with Crippen molar-refractivity contribution < 1.29 is 22.7 Å². The molecule has 0 spiro atoms. The van der Waals surface area contributed by atoms with Gasteiger partial charge in [0.25, 0.3) is 10.0 Å². The largest absolute Gasteiger partial charge is 0.495 e. The number of nitrogens with one attached hydrogen (secondary N) is 1. The van der Waals surface area contributed by atoms with E-state index >= 15 is 0 Å². The van der Waals surface area contributed by atoms with Crippen LogP contribution < -0.4 is 14.4 Å². The van der Waals surface area contributed by atoms with Crippen LogP contribution in [0.3, 0.4) is 0 Å². The predicted octanol–water partition coefficient (Wildman–Crippen LogP) is 5.35. The topological polar surface area (TPSA) is 96.0 Å². The van der Waals surface area contributed by atoms with Crippen LogP contribution in [0.1, 0.15) is 37.5 Å². The van der Waals surface area contributed by atoms with Crippen molar-refractivity contribution in [1.29, 1.82) is 0 Å². The molecular weight excluding hydrogens is 562 g/mol. The van der Waals surface area contributed by atoms with E-state index in [1.165, 1.54) is 36.3 Å². The van der Waals surface area contributed by atoms with Crippen LogP contribution >= 0.6 is 11.6 Å². The number of rotatable bonds is 12. The number of nitrogens with zero attached hydrogens (tertiary/aromatic N) is 2. The van der Waals surface area contributed by atoms with E-state index in [4.69, 9.17) is 16.3 Å². The SMILES string of the molecule is COc1ccc(N(CC(=O)N(Cc2ccc(C)cc2)C(C)C(=O)NCC(C)C)S(=O)(=O)c2ccc(C)cc2)cc1Cl. The molecule has 3 aromatic rings. The lowest BCUT2D eigenvalue weighted by atomic mass is 10.1. The monoisotopic (exact) mass is 599 g/mol. The Morgan fingerprint density at radius 3 is 2.05 bits per heavy atom. The number of hydrogen-bond donors (Lipinski definition) is 1. The zero-order valence-corrected chi connectivity index (χ0v) is 25.9. The Balaban J connectivity index is 2.04. The van der Waals surface area contributed by atoms with E-state index in [1.807, 2.05) is 52.0 Å². The zero-order chi connectivity index (χ0) is 30.3. The van der Waals surface area contributed by atoms with Gasteiger partial charge in [-0.25, -0.2) is 8.42 Å². The van der Waals surface area contributed by atoms with Crippen LogP contribution in [-0.2, 0) is 26.2 Å². The molecule has 41 heavy (non-hydrogen) atoms. The van der Waals surface area contributed by atoms with Crippen molar-refractivity contribution in [2.24, 2.45) is 5.92 Å². The number of hydrogen-bond acceptors (Lipinski definition) is 5. The first-order chi connectivity index (χ1) is 19.3. The minimum Gasteiger partial charge on any atom is -0.495 e. The summed E-state index contributed by atoms with van der Waals surface area (Å²) in [6.45, 7) is 9.45. The molecule has 8 nitrogen and oxygen atoms in total. The summed E-state index contributed by atoms with van der Waals surface area (Å²) in [5, 5.41) is 3.08. The molecule has 0 heterocycles. The standard InChI is InChI=1S/C31H38ClN3O5S/c1-21(2)18-33-31(37)24(5)34(19-25-11-7-22(3)8-12-25)30(36)20-35(26-13-16-29(40-6)28(32)17-26)41(38,39)27-14-9-23(4)10-15-27/h7-17,21,24H,18-20H2,1-6H3,(H,33,37). The number of amides is 2. The smallest absolute Gasteiger partial charge is 0.264 e. The molecule has 10 heteroatoms. The second-order valence-electron chi connectivity index (χ2n) is 10.5. The second-order valence-corrected chi connectivity index (χ2v) is 12.7. The molecule has 0 saturated heterocycles. The number of sulfonamides is 1. The molecule has 0 aliphatic rings. The van der Waals surface area contributed by atoms with Gasteiger partial charge in [-0.2, -0.15) is 0 Å². The number of benzene rings is 3. The van der Waals surface area contributed by atoms with E-state index in [-0.39, 0.29) is 34.0 Å². The van der Waals surface area contributed by atoms with E-state index in [0.29, 0.717) is 12.3 Å². The molecule has 2 amide bonds. The van der Waals surface area contributed by atoms with Gasteiger partial charge in [0.15, 0.2) is 0 Å². The molecular formula is C31H38ClN3O5S. The normalized spacial score (nSPS) is 12.1. The summed E-state index contributed by atoms with van der Waals surface area (Å²) in [4.78, 5) is 28.5. The lowest BCUT2D eigenvalue weighted by Crippen LogP contribution is -2.51. The summed E-state index contributed by atoms with van der Waals surface area (Å²) < 4.78 is 34.1. The second kappa shape index (κ2) is 13.9. The summed E-state index contributed by atoms with van der Waals surface area (Å²) in [5.41, 5.74) is 2.95. The molecule has 0 saturated carbocycles. The van der Waals surface area contributed by atoms with E-state index in [2.05, 4.69) is 5.32 Å². The summed E-state index contributed by atoms with van der Waals surface area (Å²) in [5.74, 6) is -0.270. The fourth-order valence-electron chi connectivity index (χ4n) is 4.10. The first-order valence-corrected chi connectivity index (χ1v) is 15.2. The van der Waals surface area contributed by atoms with Gasteiger partial charge in [-0.05, 0) is 62.6 Å². The van der Waals surface area contributed by atoms with Gasteiger partial charge in [-0.15, -0.1) is 0 Å². The molecule has 3 aromatic carbocycles. The van der Waals surface area contributed by atoms with Crippen LogP contribution in [0.25, 0.3) is 0 Å². The number of methoxy groups -OCH3 is 1. The fraction of sp³-hybridized carbons (Fsp3) is 0.355. The van der Waals surface area contributed by atoms with Crippen molar-refractivity contribution in [3.8, 4) is 5.75 Å². The van der Waals surface area contributed by atoms with Gasteiger partial charge < -0.3 is 15.0 Å². The van der Waals surface area contributed by atoms with Crippen molar-refractivity contribution >= 4 is 39.1 Å². The molecule has 0 aromatic heterocycles. The van der Waals surface area contributed by atoms with Gasteiger partial charge >= 0.3 is 0 Å². The highest BCUT2D eigenvalue weighted by molar-refractivity contribution is 7.92. The van der Waals surface area contributed by atoms with Crippen LogP contribution in [0.15, 0.2) is 71.6 Å². The fourth-order valence-corrected chi connectivity index (χ4v) is 5.76.